The molecule has 1 aliphatic rings. The first-order chi connectivity index (χ1) is 11.4. The SMILES string of the molecule is Cc1ccc(N2C[C@@H](C(=O)Nc3ccc(C)c(C)c3)CC2=O)cc1. The first-order valence-corrected chi connectivity index (χ1v) is 8.19. The molecular weight excluding hydrogens is 300 g/mol. The Morgan fingerprint density at radius 3 is 2.42 bits per heavy atom. The molecule has 1 heterocycles. The van der Waals surface area contributed by atoms with Crippen molar-refractivity contribution in [3.8, 4) is 0 Å². The molecule has 0 unspecified atom stereocenters. The maximum atomic E-state index is 12.5. The summed E-state index contributed by atoms with van der Waals surface area (Å²) in [6.07, 6.45) is 0.255. The molecular formula is C20H22N2O2. The molecule has 2 aromatic rings. The van der Waals surface area contributed by atoms with E-state index in [1.54, 1.807) is 4.90 Å². The highest BCUT2D eigenvalue weighted by Gasteiger charge is 2.35. The summed E-state index contributed by atoms with van der Waals surface area (Å²) < 4.78 is 0. The van der Waals surface area contributed by atoms with E-state index in [0.717, 1.165) is 22.5 Å². The van der Waals surface area contributed by atoms with Crippen molar-refractivity contribution in [3.63, 3.8) is 0 Å². The van der Waals surface area contributed by atoms with Crippen LogP contribution in [0.2, 0.25) is 0 Å². The summed E-state index contributed by atoms with van der Waals surface area (Å²) in [5.41, 5.74) is 5.11. The Hall–Kier alpha value is -2.62. The van der Waals surface area contributed by atoms with E-state index in [9.17, 15) is 9.59 Å². The molecule has 0 spiro atoms. The van der Waals surface area contributed by atoms with Crippen LogP contribution in [0, 0.1) is 26.7 Å². The van der Waals surface area contributed by atoms with E-state index in [4.69, 9.17) is 0 Å². The fourth-order valence-electron chi connectivity index (χ4n) is 2.92. The summed E-state index contributed by atoms with van der Waals surface area (Å²) >= 11 is 0. The van der Waals surface area contributed by atoms with Crippen molar-refractivity contribution in [1.29, 1.82) is 0 Å². The molecule has 0 aliphatic carbocycles. The Morgan fingerprint density at radius 2 is 1.75 bits per heavy atom. The number of hydrogen-bond donors (Lipinski definition) is 1. The second-order valence-electron chi connectivity index (χ2n) is 6.53. The Kier molecular flexibility index (Phi) is 4.38. The zero-order chi connectivity index (χ0) is 17.3. The van der Waals surface area contributed by atoms with Crippen LogP contribution in [0.3, 0.4) is 0 Å². The average molecular weight is 322 g/mol. The molecule has 2 aromatic carbocycles. The van der Waals surface area contributed by atoms with Gasteiger partial charge in [0.05, 0.1) is 5.92 Å². The van der Waals surface area contributed by atoms with Gasteiger partial charge in [0.25, 0.3) is 0 Å². The van der Waals surface area contributed by atoms with Crippen molar-refractivity contribution in [1.82, 2.24) is 0 Å². The molecule has 0 radical (unpaired) electrons. The molecule has 4 nitrogen and oxygen atoms in total. The molecule has 0 saturated carbocycles. The standard InChI is InChI=1S/C20H22N2O2/c1-13-4-8-18(9-5-13)22-12-16(11-19(22)23)20(24)21-17-7-6-14(2)15(3)10-17/h4-10,16H,11-12H2,1-3H3,(H,21,24)/t16-/m0/s1. The lowest BCUT2D eigenvalue weighted by Crippen LogP contribution is -2.28. The molecule has 0 bridgehead atoms. The molecule has 3 rings (SSSR count). The van der Waals surface area contributed by atoms with Gasteiger partial charge in [-0.05, 0) is 56.2 Å². The van der Waals surface area contributed by atoms with Crippen molar-refractivity contribution in [3.05, 3.63) is 59.2 Å². The van der Waals surface area contributed by atoms with Crippen LogP contribution >= 0.6 is 0 Å². The van der Waals surface area contributed by atoms with E-state index in [1.807, 2.05) is 63.2 Å². The van der Waals surface area contributed by atoms with Gasteiger partial charge in [-0.2, -0.15) is 0 Å². The van der Waals surface area contributed by atoms with Crippen molar-refractivity contribution in [2.24, 2.45) is 5.92 Å². The van der Waals surface area contributed by atoms with Gasteiger partial charge in [-0.25, -0.2) is 0 Å². The summed E-state index contributed by atoms with van der Waals surface area (Å²) in [5, 5.41) is 2.94. The highest BCUT2D eigenvalue weighted by Crippen LogP contribution is 2.26. The van der Waals surface area contributed by atoms with Crippen molar-refractivity contribution in [2.45, 2.75) is 27.2 Å². The Morgan fingerprint density at radius 1 is 1.04 bits per heavy atom. The highest BCUT2D eigenvalue weighted by molar-refractivity contribution is 6.03. The number of aryl methyl sites for hydroxylation is 3. The van der Waals surface area contributed by atoms with Crippen LogP contribution < -0.4 is 10.2 Å². The van der Waals surface area contributed by atoms with Crippen LogP contribution in [0.15, 0.2) is 42.5 Å². The predicted molar refractivity (Wildman–Crippen MR) is 96.2 cm³/mol. The Labute approximate surface area is 142 Å². The fraction of sp³-hybridized carbons (Fsp3) is 0.300. The molecule has 24 heavy (non-hydrogen) atoms. The predicted octanol–water partition coefficient (Wildman–Crippen LogP) is 3.60. The lowest BCUT2D eigenvalue weighted by Gasteiger charge is -2.17. The number of anilines is 2. The molecule has 1 aliphatic heterocycles. The van der Waals surface area contributed by atoms with Crippen LogP contribution in [0.25, 0.3) is 0 Å². The zero-order valence-electron chi connectivity index (χ0n) is 14.3. The molecule has 1 N–H and O–H groups in total. The lowest BCUT2D eigenvalue weighted by atomic mass is 10.1. The first-order valence-electron chi connectivity index (χ1n) is 8.19. The largest absolute Gasteiger partial charge is 0.326 e. The minimum absolute atomic E-state index is 0.000843. The van der Waals surface area contributed by atoms with Gasteiger partial charge in [-0.15, -0.1) is 0 Å². The highest BCUT2D eigenvalue weighted by atomic mass is 16.2. The van der Waals surface area contributed by atoms with Gasteiger partial charge in [0.1, 0.15) is 0 Å². The smallest absolute Gasteiger partial charge is 0.229 e. The Bertz CT molecular complexity index is 781. The summed E-state index contributed by atoms with van der Waals surface area (Å²) in [6, 6.07) is 13.7. The lowest BCUT2D eigenvalue weighted by molar-refractivity contribution is -0.122. The van der Waals surface area contributed by atoms with Crippen LogP contribution in [0.5, 0.6) is 0 Å². The normalized spacial score (nSPS) is 17.2. The molecule has 2 amide bonds. The van der Waals surface area contributed by atoms with Gasteiger partial charge < -0.3 is 10.2 Å². The molecule has 1 saturated heterocycles. The van der Waals surface area contributed by atoms with Crippen LogP contribution in [0.1, 0.15) is 23.1 Å². The third-order valence-corrected chi connectivity index (χ3v) is 4.62. The summed E-state index contributed by atoms with van der Waals surface area (Å²) in [6.45, 7) is 6.49. The van der Waals surface area contributed by atoms with Gasteiger partial charge in [0, 0.05) is 24.3 Å². The van der Waals surface area contributed by atoms with Gasteiger partial charge in [-0.1, -0.05) is 23.8 Å². The topological polar surface area (TPSA) is 49.4 Å². The van der Waals surface area contributed by atoms with Gasteiger partial charge >= 0.3 is 0 Å². The van der Waals surface area contributed by atoms with Gasteiger partial charge in [0.2, 0.25) is 11.8 Å². The molecule has 1 atom stereocenters. The fourth-order valence-corrected chi connectivity index (χ4v) is 2.92. The minimum Gasteiger partial charge on any atom is -0.326 e. The second-order valence-corrected chi connectivity index (χ2v) is 6.53. The quantitative estimate of drug-likeness (QED) is 0.938. The molecule has 4 heteroatoms. The summed E-state index contributed by atoms with van der Waals surface area (Å²) in [4.78, 5) is 26.5. The number of rotatable bonds is 3. The number of hydrogen-bond acceptors (Lipinski definition) is 2. The van der Waals surface area contributed by atoms with Crippen LogP contribution in [-0.2, 0) is 9.59 Å². The number of benzene rings is 2. The van der Waals surface area contributed by atoms with Crippen molar-refractivity contribution >= 4 is 23.2 Å². The van der Waals surface area contributed by atoms with Crippen molar-refractivity contribution in [2.75, 3.05) is 16.8 Å². The first kappa shape index (κ1) is 16.2. The van der Waals surface area contributed by atoms with Crippen molar-refractivity contribution < 1.29 is 9.59 Å². The third-order valence-electron chi connectivity index (χ3n) is 4.62. The molecule has 1 fully saturated rings. The third kappa shape index (κ3) is 3.32. The van der Waals surface area contributed by atoms with E-state index >= 15 is 0 Å². The summed E-state index contributed by atoms with van der Waals surface area (Å²) in [5.74, 6) is -0.416. The van der Waals surface area contributed by atoms with Crippen LogP contribution in [-0.4, -0.2) is 18.4 Å². The van der Waals surface area contributed by atoms with Gasteiger partial charge in [-0.3, -0.25) is 9.59 Å². The van der Waals surface area contributed by atoms with E-state index in [0.29, 0.717) is 6.54 Å². The van der Waals surface area contributed by atoms with Gasteiger partial charge in [0.15, 0.2) is 0 Å². The number of carbonyl (C=O) groups is 2. The maximum Gasteiger partial charge on any atom is 0.229 e. The zero-order valence-corrected chi connectivity index (χ0v) is 14.3. The minimum atomic E-state index is -0.319. The number of nitrogens with zero attached hydrogens (tertiary/aromatic N) is 1. The van der Waals surface area contributed by atoms with Crippen LogP contribution in [0.4, 0.5) is 11.4 Å². The number of nitrogens with one attached hydrogen (secondary N) is 1. The average Bonchev–Trinajstić information content (AvgIpc) is 2.94. The van der Waals surface area contributed by atoms with E-state index < -0.39 is 0 Å². The van der Waals surface area contributed by atoms with E-state index in [2.05, 4.69) is 5.32 Å². The molecule has 0 aromatic heterocycles. The Balaban J connectivity index is 1.69. The van der Waals surface area contributed by atoms with E-state index in [1.165, 1.54) is 5.56 Å². The second kappa shape index (κ2) is 6.48. The maximum absolute atomic E-state index is 12.5. The van der Waals surface area contributed by atoms with E-state index in [-0.39, 0.29) is 24.2 Å². The number of carbonyl (C=O) groups excluding carboxylic acids is 2. The summed E-state index contributed by atoms with van der Waals surface area (Å²) in [7, 11) is 0. The monoisotopic (exact) mass is 322 g/mol. The molecule has 124 valence electrons. The number of amides is 2.